The number of hydrogen-bond acceptors (Lipinski definition) is 5. The van der Waals surface area contributed by atoms with Crippen molar-refractivity contribution in [2.24, 2.45) is 5.92 Å². The van der Waals surface area contributed by atoms with Crippen molar-refractivity contribution in [3.8, 4) is 0 Å². The van der Waals surface area contributed by atoms with E-state index in [0.717, 1.165) is 29.8 Å². The average molecular weight is 367 g/mol. The number of piperidine rings is 1. The molecule has 2 aliphatic rings. The smallest absolute Gasteiger partial charge is 0.245 e. The summed E-state index contributed by atoms with van der Waals surface area (Å²) in [6.07, 6.45) is 5.49. The number of fused-ring (bicyclic) bond motifs is 1. The molecule has 1 N–H and O–H groups in total. The number of carbonyl (C=O) groups excluding carboxylic acids is 1. The Labute approximate surface area is 161 Å². The van der Waals surface area contributed by atoms with E-state index in [1.165, 1.54) is 32.4 Å². The third-order valence-corrected chi connectivity index (χ3v) is 5.85. The van der Waals surface area contributed by atoms with Crippen molar-refractivity contribution < 1.29 is 4.79 Å². The van der Waals surface area contributed by atoms with E-state index >= 15 is 0 Å². The minimum absolute atomic E-state index is 0.181. The molecule has 0 spiro atoms. The molecule has 2 fully saturated rings. The van der Waals surface area contributed by atoms with Gasteiger partial charge in [-0.2, -0.15) is 0 Å². The summed E-state index contributed by atoms with van der Waals surface area (Å²) in [5.41, 5.74) is 0.888. The van der Waals surface area contributed by atoms with Crippen molar-refractivity contribution >= 4 is 22.6 Å². The fraction of sp³-hybridized carbons (Fsp3) is 0.571. The van der Waals surface area contributed by atoms with E-state index in [9.17, 15) is 4.79 Å². The van der Waals surface area contributed by atoms with Crippen LogP contribution in [0.2, 0.25) is 0 Å². The van der Waals surface area contributed by atoms with Gasteiger partial charge >= 0.3 is 0 Å². The predicted octanol–water partition coefficient (Wildman–Crippen LogP) is 2.76. The molecule has 3 heterocycles. The second-order valence-electron chi connectivity index (χ2n) is 8.10. The summed E-state index contributed by atoms with van der Waals surface area (Å²) < 4.78 is 0. The van der Waals surface area contributed by atoms with Crippen LogP contribution in [0.3, 0.4) is 0 Å². The Morgan fingerprint density at radius 3 is 2.59 bits per heavy atom. The van der Waals surface area contributed by atoms with Crippen LogP contribution in [-0.2, 0) is 4.79 Å². The molecule has 2 saturated heterocycles. The summed E-state index contributed by atoms with van der Waals surface area (Å²) in [7, 11) is 0. The fourth-order valence-electron chi connectivity index (χ4n) is 4.13. The van der Waals surface area contributed by atoms with Crippen molar-refractivity contribution in [2.75, 3.05) is 31.5 Å². The minimum Gasteiger partial charge on any atom is -0.358 e. The van der Waals surface area contributed by atoms with Crippen molar-refractivity contribution in [1.82, 2.24) is 19.8 Å². The van der Waals surface area contributed by atoms with E-state index in [-0.39, 0.29) is 17.9 Å². The first-order chi connectivity index (χ1) is 13.1. The summed E-state index contributed by atoms with van der Waals surface area (Å²) in [5.74, 6) is 1.10. The quantitative estimate of drug-likeness (QED) is 0.880. The number of aromatic nitrogens is 2. The zero-order chi connectivity index (χ0) is 18.8. The summed E-state index contributed by atoms with van der Waals surface area (Å²) in [6, 6.07) is 8.17. The molecular formula is C21H29N5O. The van der Waals surface area contributed by atoms with Crippen molar-refractivity contribution in [3.05, 3.63) is 30.6 Å². The Morgan fingerprint density at radius 2 is 1.85 bits per heavy atom. The monoisotopic (exact) mass is 367 g/mol. The molecule has 1 unspecified atom stereocenters. The second-order valence-corrected chi connectivity index (χ2v) is 8.10. The molecule has 0 aliphatic carbocycles. The summed E-state index contributed by atoms with van der Waals surface area (Å²) in [6.45, 7) is 8.25. The van der Waals surface area contributed by atoms with Gasteiger partial charge in [0.2, 0.25) is 5.91 Å². The Balaban J connectivity index is 1.44. The molecule has 1 aromatic heterocycles. The molecule has 144 valence electrons. The summed E-state index contributed by atoms with van der Waals surface area (Å²) in [5, 5.41) is 4.36. The molecular weight excluding hydrogens is 338 g/mol. The van der Waals surface area contributed by atoms with Crippen molar-refractivity contribution in [3.63, 3.8) is 0 Å². The lowest BCUT2D eigenvalue weighted by Crippen LogP contribution is -2.64. The van der Waals surface area contributed by atoms with E-state index in [1.807, 2.05) is 29.2 Å². The molecule has 0 radical (unpaired) electrons. The van der Waals surface area contributed by atoms with E-state index in [0.29, 0.717) is 6.04 Å². The molecule has 1 amide bonds. The molecule has 2 aromatic rings. The van der Waals surface area contributed by atoms with Gasteiger partial charge < -0.3 is 10.2 Å². The van der Waals surface area contributed by atoms with Crippen LogP contribution < -0.4 is 5.32 Å². The number of amides is 1. The van der Waals surface area contributed by atoms with Gasteiger partial charge in [-0.15, -0.1) is 0 Å². The van der Waals surface area contributed by atoms with Gasteiger partial charge in [-0.1, -0.05) is 32.4 Å². The third kappa shape index (κ3) is 3.76. The first kappa shape index (κ1) is 18.2. The highest BCUT2D eigenvalue weighted by Gasteiger charge is 2.38. The lowest BCUT2D eigenvalue weighted by Gasteiger charge is -2.48. The van der Waals surface area contributed by atoms with Crippen LogP contribution in [0.1, 0.15) is 33.1 Å². The Kier molecular flexibility index (Phi) is 5.25. The van der Waals surface area contributed by atoms with E-state index in [2.05, 4.69) is 34.0 Å². The molecule has 4 rings (SSSR count). The molecule has 0 bridgehead atoms. The number of hydrogen-bond donors (Lipinski definition) is 1. The van der Waals surface area contributed by atoms with Gasteiger partial charge in [0.15, 0.2) is 0 Å². The normalized spacial score (nSPS) is 19.9. The molecule has 0 saturated carbocycles. The lowest BCUT2D eigenvalue weighted by atomic mass is 9.97. The van der Waals surface area contributed by atoms with E-state index < -0.39 is 0 Å². The van der Waals surface area contributed by atoms with Crippen LogP contribution >= 0.6 is 0 Å². The van der Waals surface area contributed by atoms with Gasteiger partial charge in [0.25, 0.3) is 0 Å². The predicted molar refractivity (Wildman–Crippen MR) is 108 cm³/mol. The van der Waals surface area contributed by atoms with Gasteiger partial charge in [-0.05, 0) is 44.0 Å². The van der Waals surface area contributed by atoms with Gasteiger partial charge in [0, 0.05) is 24.5 Å². The van der Waals surface area contributed by atoms with Gasteiger partial charge in [-0.25, -0.2) is 9.97 Å². The van der Waals surface area contributed by atoms with Gasteiger partial charge in [0.1, 0.15) is 18.2 Å². The van der Waals surface area contributed by atoms with Crippen LogP contribution in [0, 0.1) is 5.92 Å². The zero-order valence-electron chi connectivity index (χ0n) is 16.3. The van der Waals surface area contributed by atoms with Crippen LogP contribution in [0.25, 0.3) is 10.9 Å². The first-order valence-corrected chi connectivity index (χ1v) is 10.1. The minimum atomic E-state index is -0.273. The molecule has 6 heteroatoms. The van der Waals surface area contributed by atoms with Crippen LogP contribution in [0.4, 0.5) is 5.82 Å². The number of nitrogens with one attached hydrogen (secondary N) is 1. The number of anilines is 1. The highest BCUT2D eigenvalue weighted by molar-refractivity contribution is 5.92. The second kappa shape index (κ2) is 7.80. The highest BCUT2D eigenvalue weighted by Crippen LogP contribution is 2.25. The van der Waals surface area contributed by atoms with Crippen molar-refractivity contribution in [1.29, 1.82) is 0 Å². The molecule has 6 nitrogen and oxygen atoms in total. The maximum Gasteiger partial charge on any atom is 0.245 e. The molecule has 1 aromatic carbocycles. The number of nitrogens with zero attached hydrogens (tertiary/aromatic N) is 4. The number of rotatable bonds is 5. The molecule has 1 atom stereocenters. The van der Waals surface area contributed by atoms with Crippen LogP contribution in [0.15, 0.2) is 30.6 Å². The Bertz CT molecular complexity index is 791. The lowest BCUT2D eigenvalue weighted by molar-refractivity contribution is -0.140. The van der Waals surface area contributed by atoms with Crippen LogP contribution in [-0.4, -0.2) is 63.9 Å². The largest absolute Gasteiger partial charge is 0.358 e. The number of likely N-dealkylation sites (tertiary alicyclic amines) is 2. The highest BCUT2D eigenvalue weighted by atomic mass is 16.2. The number of para-hydroxylation sites is 1. The molecule has 27 heavy (non-hydrogen) atoms. The Hall–Kier alpha value is -2.21. The third-order valence-electron chi connectivity index (χ3n) is 5.85. The van der Waals surface area contributed by atoms with E-state index in [4.69, 9.17) is 0 Å². The van der Waals surface area contributed by atoms with Gasteiger partial charge in [0.05, 0.1) is 5.52 Å². The standard InChI is InChI=1S/C21H29N5O/c1-15(2)19(24-20-17-8-4-5-9-18(17)22-14-23-20)21(27)26-12-16(13-26)25-10-6-3-7-11-25/h4-5,8-9,14-16,19H,3,6-7,10-13H2,1-2H3,(H,22,23,24). The van der Waals surface area contributed by atoms with Crippen LogP contribution in [0.5, 0.6) is 0 Å². The maximum absolute atomic E-state index is 13.1. The molecule has 2 aliphatic heterocycles. The summed E-state index contributed by atoms with van der Waals surface area (Å²) >= 11 is 0. The zero-order valence-corrected chi connectivity index (χ0v) is 16.3. The van der Waals surface area contributed by atoms with E-state index in [1.54, 1.807) is 6.33 Å². The number of benzene rings is 1. The summed E-state index contributed by atoms with van der Waals surface area (Å²) in [4.78, 5) is 26.4. The van der Waals surface area contributed by atoms with Gasteiger partial charge in [-0.3, -0.25) is 9.69 Å². The van der Waals surface area contributed by atoms with Crippen molar-refractivity contribution in [2.45, 2.75) is 45.2 Å². The number of carbonyl (C=O) groups is 1. The maximum atomic E-state index is 13.1. The fourth-order valence-corrected chi connectivity index (χ4v) is 4.13. The SMILES string of the molecule is CC(C)C(Nc1ncnc2ccccc12)C(=O)N1CC(N2CCCCC2)C1. The topological polar surface area (TPSA) is 61.4 Å². The first-order valence-electron chi connectivity index (χ1n) is 10.1. The average Bonchev–Trinajstić information content (AvgIpc) is 2.65. The Morgan fingerprint density at radius 1 is 1.11 bits per heavy atom.